The fourth-order valence-corrected chi connectivity index (χ4v) is 1.45. The zero-order chi connectivity index (χ0) is 12.3. The SMILES string of the molecule is NCCn1cc(-c2cccc([N+](=O)[O-])c2)nn1. The molecule has 17 heavy (non-hydrogen) atoms. The van der Waals surface area contributed by atoms with Crippen LogP contribution in [0.5, 0.6) is 0 Å². The molecular formula is C10H11N5O2. The minimum absolute atomic E-state index is 0.0378. The monoisotopic (exact) mass is 233 g/mol. The lowest BCUT2D eigenvalue weighted by molar-refractivity contribution is -0.384. The zero-order valence-corrected chi connectivity index (χ0v) is 8.98. The van der Waals surface area contributed by atoms with Crippen molar-refractivity contribution in [1.29, 1.82) is 0 Å². The number of benzene rings is 1. The Morgan fingerprint density at radius 2 is 2.29 bits per heavy atom. The summed E-state index contributed by atoms with van der Waals surface area (Å²) in [6, 6.07) is 6.28. The molecule has 0 amide bonds. The molecule has 0 atom stereocenters. The molecule has 0 aliphatic carbocycles. The Labute approximate surface area is 97.0 Å². The van der Waals surface area contributed by atoms with E-state index in [1.165, 1.54) is 12.1 Å². The Kier molecular flexibility index (Phi) is 3.10. The highest BCUT2D eigenvalue weighted by molar-refractivity contribution is 5.61. The van der Waals surface area contributed by atoms with Crippen LogP contribution >= 0.6 is 0 Å². The summed E-state index contributed by atoms with van der Waals surface area (Å²) in [6.07, 6.45) is 1.71. The van der Waals surface area contributed by atoms with Crippen LogP contribution in [0.2, 0.25) is 0 Å². The zero-order valence-electron chi connectivity index (χ0n) is 8.98. The van der Waals surface area contributed by atoms with E-state index in [-0.39, 0.29) is 5.69 Å². The van der Waals surface area contributed by atoms with Gasteiger partial charge >= 0.3 is 0 Å². The van der Waals surface area contributed by atoms with Gasteiger partial charge in [0.25, 0.3) is 5.69 Å². The van der Waals surface area contributed by atoms with Gasteiger partial charge in [-0.05, 0) is 0 Å². The van der Waals surface area contributed by atoms with Crippen molar-refractivity contribution in [2.45, 2.75) is 6.54 Å². The second kappa shape index (κ2) is 4.71. The van der Waals surface area contributed by atoms with Gasteiger partial charge in [-0.3, -0.25) is 14.8 Å². The molecule has 88 valence electrons. The number of nitrogens with two attached hydrogens (primary N) is 1. The first-order valence-electron chi connectivity index (χ1n) is 5.06. The van der Waals surface area contributed by atoms with E-state index in [9.17, 15) is 10.1 Å². The first-order valence-corrected chi connectivity index (χ1v) is 5.06. The third kappa shape index (κ3) is 2.45. The molecule has 0 saturated heterocycles. The maximum absolute atomic E-state index is 10.6. The molecule has 1 aromatic heterocycles. The number of rotatable bonds is 4. The van der Waals surface area contributed by atoms with E-state index >= 15 is 0 Å². The highest BCUT2D eigenvalue weighted by Crippen LogP contribution is 2.21. The summed E-state index contributed by atoms with van der Waals surface area (Å²) in [5.41, 5.74) is 6.70. The second-order valence-electron chi connectivity index (χ2n) is 3.46. The average Bonchev–Trinajstić information content (AvgIpc) is 2.78. The van der Waals surface area contributed by atoms with Gasteiger partial charge in [0.1, 0.15) is 5.69 Å². The molecule has 1 aromatic carbocycles. The third-order valence-electron chi connectivity index (χ3n) is 2.25. The van der Waals surface area contributed by atoms with Crippen LogP contribution < -0.4 is 5.73 Å². The first-order chi connectivity index (χ1) is 8.20. The van der Waals surface area contributed by atoms with Crippen LogP contribution in [-0.2, 0) is 6.54 Å². The number of aromatic nitrogens is 3. The largest absolute Gasteiger partial charge is 0.329 e. The molecule has 2 aromatic rings. The summed E-state index contributed by atoms with van der Waals surface area (Å²) in [5, 5.41) is 18.5. The van der Waals surface area contributed by atoms with Crippen LogP contribution in [0.4, 0.5) is 5.69 Å². The van der Waals surface area contributed by atoms with Crippen LogP contribution in [-0.4, -0.2) is 26.5 Å². The maximum Gasteiger partial charge on any atom is 0.270 e. The fourth-order valence-electron chi connectivity index (χ4n) is 1.45. The first kappa shape index (κ1) is 11.2. The molecule has 0 unspecified atom stereocenters. The summed E-state index contributed by atoms with van der Waals surface area (Å²) in [6.45, 7) is 1.04. The smallest absolute Gasteiger partial charge is 0.270 e. The van der Waals surface area contributed by atoms with Crippen LogP contribution in [0.1, 0.15) is 0 Å². The van der Waals surface area contributed by atoms with E-state index in [1.807, 2.05) is 0 Å². The Bertz CT molecular complexity index is 537. The highest BCUT2D eigenvalue weighted by atomic mass is 16.6. The van der Waals surface area contributed by atoms with Crippen molar-refractivity contribution in [3.8, 4) is 11.3 Å². The van der Waals surface area contributed by atoms with Gasteiger partial charge in [0.2, 0.25) is 0 Å². The quantitative estimate of drug-likeness (QED) is 0.622. The molecule has 0 aliphatic rings. The number of nitro benzene ring substituents is 1. The molecule has 1 heterocycles. The predicted octanol–water partition coefficient (Wildman–Crippen LogP) is 0.812. The average molecular weight is 233 g/mol. The van der Waals surface area contributed by atoms with E-state index in [0.29, 0.717) is 24.3 Å². The number of hydrogen-bond acceptors (Lipinski definition) is 5. The molecule has 2 rings (SSSR count). The van der Waals surface area contributed by atoms with Gasteiger partial charge < -0.3 is 5.73 Å². The summed E-state index contributed by atoms with van der Waals surface area (Å²) in [7, 11) is 0. The Hall–Kier alpha value is -2.28. The van der Waals surface area contributed by atoms with E-state index < -0.39 is 4.92 Å². The maximum atomic E-state index is 10.6. The lowest BCUT2D eigenvalue weighted by atomic mass is 10.1. The van der Waals surface area contributed by atoms with Gasteiger partial charge in [0, 0.05) is 24.2 Å². The van der Waals surface area contributed by atoms with Crippen molar-refractivity contribution in [2.24, 2.45) is 5.73 Å². The molecule has 0 radical (unpaired) electrons. The highest BCUT2D eigenvalue weighted by Gasteiger charge is 2.09. The van der Waals surface area contributed by atoms with Gasteiger partial charge in [0.05, 0.1) is 17.7 Å². The number of nitro groups is 1. The van der Waals surface area contributed by atoms with Gasteiger partial charge in [-0.15, -0.1) is 5.10 Å². The van der Waals surface area contributed by atoms with Crippen LogP contribution in [0, 0.1) is 10.1 Å². The standard InChI is InChI=1S/C10H11N5O2/c11-4-5-14-7-10(12-13-14)8-2-1-3-9(6-8)15(16)17/h1-3,6-7H,4-5,11H2. The Balaban J connectivity index is 2.32. The Morgan fingerprint density at radius 1 is 1.47 bits per heavy atom. The third-order valence-corrected chi connectivity index (χ3v) is 2.25. The van der Waals surface area contributed by atoms with Crippen molar-refractivity contribution >= 4 is 5.69 Å². The fraction of sp³-hybridized carbons (Fsp3) is 0.200. The lowest BCUT2D eigenvalue weighted by Gasteiger charge is -1.96. The van der Waals surface area contributed by atoms with E-state index in [2.05, 4.69) is 10.3 Å². The molecule has 0 fully saturated rings. The minimum atomic E-state index is -0.437. The van der Waals surface area contributed by atoms with Crippen molar-refractivity contribution in [1.82, 2.24) is 15.0 Å². The molecule has 7 nitrogen and oxygen atoms in total. The van der Waals surface area contributed by atoms with E-state index in [0.717, 1.165) is 0 Å². The van der Waals surface area contributed by atoms with Gasteiger partial charge in [-0.25, -0.2) is 0 Å². The minimum Gasteiger partial charge on any atom is -0.329 e. The Morgan fingerprint density at radius 3 is 3.00 bits per heavy atom. The normalized spacial score (nSPS) is 10.4. The van der Waals surface area contributed by atoms with Crippen molar-refractivity contribution in [2.75, 3.05) is 6.54 Å². The number of hydrogen-bond donors (Lipinski definition) is 1. The van der Waals surface area contributed by atoms with Crippen LogP contribution in [0.3, 0.4) is 0 Å². The topological polar surface area (TPSA) is 99.9 Å². The molecule has 0 bridgehead atoms. The molecule has 0 aliphatic heterocycles. The predicted molar refractivity (Wildman–Crippen MR) is 61.2 cm³/mol. The van der Waals surface area contributed by atoms with Gasteiger partial charge in [-0.2, -0.15) is 0 Å². The number of nitrogens with zero attached hydrogens (tertiary/aromatic N) is 4. The lowest BCUT2D eigenvalue weighted by Crippen LogP contribution is -2.10. The van der Waals surface area contributed by atoms with Gasteiger partial charge in [0.15, 0.2) is 0 Å². The van der Waals surface area contributed by atoms with Crippen molar-refractivity contribution in [3.63, 3.8) is 0 Å². The number of non-ortho nitro benzene ring substituents is 1. The van der Waals surface area contributed by atoms with E-state index in [1.54, 1.807) is 23.0 Å². The second-order valence-corrected chi connectivity index (χ2v) is 3.46. The molecule has 0 spiro atoms. The van der Waals surface area contributed by atoms with Crippen LogP contribution in [0.15, 0.2) is 30.5 Å². The molecule has 7 heteroatoms. The molecular weight excluding hydrogens is 222 g/mol. The molecule has 0 saturated carbocycles. The molecule has 2 N–H and O–H groups in total. The summed E-state index contributed by atoms with van der Waals surface area (Å²) in [5.74, 6) is 0. The summed E-state index contributed by atoms with van der Waals surface area (Å²) >= 11 is 0. The van der Waals surface area contributed by atoms with Crippen molar-refractivity contribution in [3.05, 3.63) is 40.6 Å². The van der Waals surface area contributed by atoms with Crippen molar-refractivity contribution < 1.29 is 4.92 Å². The summed E-state index contributed by atoms with van der Waals surface area (Å²) < 4.78 is 1.61. The van der Waals surface area contributed by atoms with Crippen LogP contribution in [0.25, 0.3) is 11.3 Å². The summed E-state index contributed by atoms with van der Waals surface area (Å²) in [4.78, 5) is 10.2. The van der Waals surface area contributed by atoms with E-state index in [4.69, 9.17) is 5.73 Å². The van der Waals surface area contributed by atoms with Gasteiger partial charge in [-0.1, -0.05) is 17.3 Å².